The van der Waals surface area contributed by atoms with Crippen LogP contribution in [0.1, 0.15) is 19.4 Å². The number of aryl methyl sites for hydroxylation is 1. The summed E-state index contributed by atoms with van der Waals surface area (Å²) in [7, 11) is 0. The van der Waals surface area contributed by atoms with Crippen LogP contribution in [0.15, 0.2) is 27.4 Å². The predicted octanol–water partition coefficient (Wildman–Crippen LogP) is 2.23. The van der Waals surface area contributed by atoms with Crippen molar-refractivity contribution < 1.29 is 42.4 Å². The van der Waals surface area contributed by atoms with Crippen LogP contribution in [0.2, 0.25) is 0 Å². The third kappa shape index (κ3) is 10.7. The molecule has 1 N–H and O–H groups in total. The topological polar surface area (TPSA) is 114 Å². The molecule has 0 spiro atoms. The van der Waals surface area contributed by atoms with Crippen LogP contribution in [-0.2, 0) is 23.7 Å². The molecule has 1 aromatic carbocycles. The van der Waals surface area contributed by atoms with Crippen molar-refractivity contribution in [2.45, 2.75) is 20.8 Å². The van der Waals surface area contributed by atoms with E-state index < -0.39 is 11.4 Å². The fourth-order valence-corrected chi connectivity index (χ4v) is 2.43. The highest BCUT2D eigenvalue weighted by Crippen LogP contribution is 2.23. The highest BCUT2D eigenvalue weighted by Gasteiger charge is 2.11. The summed E-state index contributed by atoms with van der Waals surface area (Å²) < 4.78 is 44.1. The van der Waals surface area contributed by atoms with Gasteiger partial charge in [-0.25, -0.2) is 4.79 Å². The molecule has 1 aromatic heterocycles. The molecule has 0 fully saturated rings. The number of ether oxygens (including phenoxy) is 5. The summed E-state index contributed by atoms with van der Waals surface area (Å²) in [5.41, 5.74) is -0.450. The number of fused-ring (bicyclic) bond motifs is 1. The van der Waals surface area contributed by atoms with E-state index in [1.807, 2.05) is 0 Å². The standard InChI is InChI=1S/C18H23FO7.C4H8O2/c1-13-15-3-2-14(12-16(15)26-18(21)17(13)19)25-11-10-24-9-8-23-7-6-22-5-4-20;1-3-6-4(2)5/h2-3,12,20H,4-11H2,1H3;3H2,1-2H3. The maximum Gasteiger partial charge on any atom is 0.372 e. The van der Waals surface area contributed by atoms with Gasteiger partial charge in [0.2, 0.25) is 5.82 Å². The zero-order valence-corrected chi connectivity index (χ0v) is 18.7. The van der Waals surface area contributed by atoms with Gasteiger partial charge in [0.15, 0.2) is 0 Å². The van der Waals surface area contributed by atoms with Gasteiger partial charge in [0.25, 0.3) is 0 Å². The Kier molecular flexibility index (Phi) is 13.9. The van der Waals surface area contributed by atoms with Crippen molar-refractivity contribution in [1.29, 1.82) is 0 Å². The van der Waals surface area contributed by atoms with Gasteiger partial charge < -0.3 is 33.2 Å². The number of carbonyl (C=O) groups excluding carboxylic acids is 1. The summed E-state index contributed by atoms with van der Waals surface area (Å²) in [6.45, 7) is 7.93. The lowest BCUT2D eigenvalue weighted by atomic mass is 10.1. The maximum absolute atomic E-state index is 13.5. The maximum atomic E-state index is 13.5. The second-order valence-corrected chi connectivity index (χ2v) is 6.32. The van der Waals surface area contributed by atoms with Crippen molar-refractivity contribution in [2.24, 2.45) is 0 Å². The SMILES string of the molecule is CCOC(C)=O.Cc1c(F)c(=O)oc2cc(OCCOCCOCCOCCO)ccc12. The normalized spacial score (nSPS) is 10.5. The Bertz CT molecular complexity index is 866. The molecule has 180 valence electrons. The van der Waals surface area contributed by atoms with E-state index in [1.54, 1.807) is 25.1 Å². The molecule has 1 heterocycles. The number of hydrogen-bond donors (Lipinski definition) is 1. The summed E-state index contributed by atoms with van der Waals surface area (Å²) in [6, 6.07) is 4.89. The molecule has 0 saturated carbocycles. The predicted molar refractivity (Wildman–Crippen MR) is 115 cm³/mol. The largest absolute Gasteiger partial charge is 0.491 e. The smallest absolute Gasteiger partial charge is 0.372 e. The first kappa shape index (κ1) is 27.5. The number of benzene rings is 1. The average Bonchev–Trinajstić information content (AvgIpc) is 2.76. The quantitative estimate of drug-likeness (QED) is 0.274. The van der Waals surface area contributed by atoms with Gasteiger partial charge in [-0.05, 0) is 26.0 Å². The van der Waals surface area contributed by atoms with Crippen LogP contribution in [0.4, 0.5) is 4.39 Å². The molecule has 2 rings (SSSR count). The van der Waals surface area contributed by atoms with E-state index in [9.17, 15) is 14.0 Å². The van der Waals surface area contributed by atoms with E-state index in [1.165, 1.54) is 13.8 Å². The number of halogens is 1. The van der Waals surface area contributed by atoms with E-state index in [0.717, 1.165) is 0 Å². The number of aliphatic hydroxyl groups is 1. The van der Waals surface area contributed by atoms with Crippen LogP contribution in [0.25, 0.3) is 11.0 Å². The third-order valence-electron chi connectivity index (χ3n) is 3.89. The lowest BCUT2D eigenvalue weighted by Gasteiger charge is -2.09. The number of esters is 1. The number of aliphatic hydroxyl groups excluding tert-OH is 1. The first-order valence-electron chi connectivity index (χ1n) is 10.2. The monoisotopic (exact) mass is 458 g/mol. The van der Waals surface area contributed by atoms with Gasteiger partial charge in [-0.2, -0.15) is 4.39 Å². The van der Waals surface area contributed by atoms with Crippen LogP contribution < -0.4 is 10.4 Å². The Balaban J connectivity index is 0.000000751. The Labute approximate surface area is 186 Å². The molecule has 0 aliphatic heterocycles. The zero-order valence-electron chi connectivity index (χ0n) is 18.7. The molecule has 0 atom stereocenters. The fraction of sp³-hybridized carbons (Fsp3) is 0.545. The Morgan fingerprint density at radius 2 is 1.62 bits per heavy atom. The minimum absolute atomic E-state index is 0.00294. The van der Waals surface area contributed by atoms with Crippen LogP contribution >= 0.6 is 0 Å². The summed E-state index contributed by atoms with van der Waals surface area (Å²) in [4.78, 5) is 21.2. The highest BCUT2D eigenvalue weighted by atomic mass is 19.1. The number of hydrogen-bond acceptors (Lipinski definition) is 9. The molecule has 0 saturated heterocycles. The first-order valence-corrected chi connectivity index (χ1v) is 10.2. The lowest BCUT2D eigenvalue weighted by molar-refractivity contribution is -0.140. The first-order chi connectivity index (χ1) is 15.4. The van der Waals surface area contributed by atoms with Gasteiger partial charge in [0, 0.05) is 23.9 Å². The summed E-state index contributed by atoms with van der Waals surface area (Å²) in [5, 5.41) is 9.06. The van der Waals surface area contributed by atoms with Gasteiger partial charge in [0.1, 0.15) is 17.9 Å². The molecule has 9 nitrogen and oxygen atoms in total. The summed E-state index contributed by atoms with van der Waals surface area (Å²) >= 11 is 0. The molecular weight excluding hydrogens is 427 g/mol. The van der Waals surface area contributed by atoms with Crippen LogP contribution in [0.5, 0.6) is 5.75 Å². The molecule has 0 aliphatic rings. The molecule has 0 amide bonds. The molecular formula is C22H31FO9. The Morgan fingerprint density at radius 1 is 1.03 bits per heavy atom. The molecule has 32 heavy (non-hydrogen) atoms. The molecule has 0 bridgehead atoms. The van der Waals surface area contributed by atoms with E-state index in [-0.39, 0.29) is 23.7 Å². The van der Waals surface area contributed by atoms with E-state index in [2.05, 4.69) is 4.74 Å². The summed E-state index contributed by atoms with van der Waals surface area (Å²) in [5.74, 6) is -0.577. The average molecular weight is 458 g/mol. The Hall–Kier alpha value is -2.53. The molecule has 0 aliphatic carbocycles. The van der Waals surface area contributed by atoms with Crippen molar-refractivity contribution in [3.8, 4) is 5.75 Å². The molecule has 0 unspecified atom stereocenters. The van der Waals surface area contributed by atoms with Gasteiger partial charge in [-0.3, -0.25) is 4.79 Å². The van der Waals surface area contributed by atoms with Gasteiger partial charge in [-0.1, -0.05) is 0 Å². The van der Waals surface area contributed by atoms with Crippen molar-refractivity contribution in [2.75, 3.05) is 59.5 Å². The minimum Gasteiger partial charge on any atom is -0.491 e. The van der Waals surface area contributed by atoms with E-state index in [0.29, 0.717) is 64.0 Å². The highest BCUT2D eigenvalue weighted by molar-refractivity contribution is 5.81. The van der Waals surface area contributed by atoms with Crippen molar-refractivity contribution in [3.05, 3.63) is 40.0 Å². The van der Waals surface area contributed by atoms with Gasteiger partial charge in [0.05, 0.1) is 52.9 Å². The minimum atomic E-state index is -0.989. The van der Waals surface area contributed by atoms with Crippen molar-refractivity contribution >= 4 is 16.9 Å². The second kappa shape index (κ2) is 16.2. The van der Waals surface area contributed by atoms with Gasteiger partial charge in [-0.15, -0.1) is 0 Å². The Morgan fingerprint density at radius 3 is 2.16 bits per heavy atom. The molecule has 2 aromatic rings. The van der Waals surface area contributed by atoms with E-state index >= 15 is 0 Å². The van der Waals surface area contributed by atoms with E-state index in [4.69, 9.17) is 28.5 Å². The van der Waals surface area contributed by atoms with Crippen molar-refractivity contribution in [3.63, 3.8) is 0 Å². The number of carbonyl (C=O) groups is 1. The van der Waals surface area contributed by atoms with Gasteiger partial charge >= 0.3 is 11.6 Å². The third-order valence-corrected chi connectivity index (χ3v) is 3.89. The van der Waals surface area contributed by atoms with Crippen LogP contribution in [0.3, 0.4) is 0 Å². The summed E-state index contributed by atoms with van der Waals surface area (Å²) in [6.07, 6.45) is 0. The molecule has 10 heteroatoms. The van der Waals surface area contributed by atoms with Crippen LogP contribution in [0, 0.1) is 12.7 Å². The number of rotatable bonds is 13. The fourth-order valence-electron chi connectivity index (χ4n) is 2.43. The second-order valence-electron chi connectivity index (χ2n) is 6.32. The van der Waals surface area contributed by atoms with Crippen LogP contribution in [-0.4, -0.2) is 70.5 Å². The zero-order chi connectivity index (χ0) is 23.8. The van der Waals surface area contributed by atoms with Crippen molar-refractivity contribution in [1.82, 2.24) is 0 Å². The molecule has 0 radical (unpaired) electrons. The lowest BCUT2D eigenvalue weighted by Crippen LogP contribution is -2.13.